The summed E-state index contributed by atoms with van der Waals surface area (Å²) in [4.78, 5) is 39.6. The number of unbranched alkanes of at least 4 members (excludes halogenated alkanes) is 25. The zero-order valence-electron chi connectivity index (χ0n) is 41.1. The van der Waals surface area contributed by atoms with Crippen LogP contribution in [0.5, 0.6) is 0 Å². The number of quaternary nitrogens is 1. The number of carbonyl (C=O) groups excluding carboxylic acids is 2. The van der Waals surface area contributed by atoms with Gasteiger partial charge in [0.05, 0.1) is 33.8 Å². The number of likely N-dealkylation sites (N-methyl/N-ethyl adjacent to an activating group) is 1. The Balaban J connectivity index is 5.48. The monoisotopic (exact) mass is 893 g/mol. The van der Waals surface area contributed by atoms with Crippen LogP contribution in [0.15, 0.2) is 48.6 Å². The summed E-state index contributed by atoms with van der Waals surface area (Å²) >= 11 is 0. The first-order valence-electron chi connectivity index (χ1n) is 25.5. The number of ether oxygens (including phenoxy) is 1. The molecule has 0 saturated heterocycles. The molecule has 0 aliphatic carbocycles. The molecule has 0 radical (unpaired) electrons. The van der Waals surface area contributed by atoms with Crippen LogP contribution < -0.4 is 10.2 Å². The number of hydrogen-bond acceptors (Lipinski definition) is 7. The van der Waals surface area contributed by atoms with Gasteiger partial charge in [0.2, 0.25) is 5.91 Å². The lowest BCUT2D eigenvalue weighted by Gasteiger charge is -2.30. The second-order valence-electron chi connectivity index (χ2n) is 18.4. The first-order valence-corrected chi connectivity index (χ1v) is 26.9. The van der Waals surface area contributed by atoms with Gasteiger partial charge in [-0.05, 0) is 51.0 Å². The van der Waals surface area contributed by atoms with E-state index in [1.165, 1.54) is 103 Å². The maximum absolute atomic E-state index is 13.4. The molecule has 0 heterocycles. The number of amides is 1. The minimum Gasteiger partial charge on any atom is -0.756 e. The lowest BCUT2D eigenvalue weighted by Crippen LogP contribution is -2.47. The quantitative estimate of drug-likeness (QED) is 0.0162. The van der Waals surface area contributed by atoms with E-state index in [9.17, 15) is 19.0 Å². The predicted molar refractivity (Wildman–Crippen MR) is 261 cm³/mol. The van der Waals surface area contributed by atoms with Crippen LogP contribution in [0.3, 0.4) is 0 Å². The molecule has 0 spiro atoms. The van der Waals surface area contributed by atoms with Gasteiger partial charge < -0.3 is 28.5 Å². The van der Waals surface area contributed by atoms with E-state index >= 15 is 0 Å². The Bertz CT molecular complexity index is 1210. The van der Waals surface area contributed by atoms with Crippen molar-refractivity contribution in [2.24, 2.45) is 0 Å². The number of carbonyl (C=O) groups is 2. The summed E-state index contributed by atoms with van der Waals surface area (Å²) in [6.45, 7) is 6.66. The molecule has 0 saturated carbocycles. The fourth-order valence-electron chi connectivity index (χ4n) is 7.11. The summed E-state index contributed by atoms with van der Waals surface area (Å²) in [6.07, 6.45) is 49.3. The van der Waals surface area contributed by atoms with Crippen molar-refractivity contribution < 1.29 is 37.3 Å². The molecule has 0 aromatic carbocycles. The number of rotatable bonds is 45. The van der Waals surface area contributed by atoms with Crippen molar-refractivity contribution in [1.82, 2.24) is 5.32 Å². The number of hydrogen-bond donors (Lipinski definition) is 1. The highest BCUT2D eigenvalue weighted by Crippen LogP contribution is 2.38. The Morgan fingerprint density at radius 2 is 1.03 bits per heavy atom. The average Bonchev–Trinajstić information content (AvgIpc) is 3.22. The number of nitrogens with one attached hydrogen (secondary N) is 1. The Morgan fingerprint density at radius 1 is 0.581 bits per heavy atom. The highest BCUT2D eigenvalue weighted by molar-refractivity contribution is 7.45. The lowest BCUT2D eigenvalue weighted by atomic mass is 10.0. The van der Waals surface area contributed by atoms with Crippen LogP contribution in [0.25, 0.3) is 0 Å². The zero-order valence-corrected chi connectivity index (χ0v) is 42.0. The predicted octanol–water partition coefficient (Wildman–Crippen LogP) is 14.0. The van der Waals surface area contributed by atoms with Gasteiger partial charge in [-0.1, -0.05) is 205 Å². The van der Waals surface area contributed by atoms with Crippen molar-refractivity contribution >= 4 is 19.7 Å². The molecule has 0 fully saturated rings. The van der Waals surface area contributed by atoms with Gasteiger partial charge in [0.25, 0.3) is 7.82 Å². The Hall–Kier alpha value is -2.03. The molecule has 0 aromatic rings. The van der Waals surface area contributed by atoms with Gasteiger partial charge in [-0.15, -0.1) is 0 Å². The minimum absolute atomic E-state index is 0.0264. The van der Waals surface area contributed by atoms with Crippen LogP contribution >= 0.6 is 7.82 Å². The Labute approximate surface area is 382 Å². The molecular weight excluding hydrogens is 796 g/mol. The number of allylic oxidation sites excluding steroid dienone is 7. The van der Waals surface area contributed by atoms with Crippen LogP contribution in [-0.4, -0.2) is 69.4 Å². The molecule has 0 aliphatic rings. The lowest BCUT2D eigenvalue weighted by molar-refractivity contribution is -0.870. The number of nitrogens with zero attached hydrogens (tertiary/aromatic N) is 1. The summed E-state index contributed by atoms with van der Waals surface area (Å²) in [6, 6.07) is -0.893. The summed E-state index contributed by atoms with van der Waals surface area (Å²) in [7, 11) is 1.17. The van der Waals surface area contributed by atoms with Gasteiger partial charge in [0.1, 0.15) is 19.3 Å². The molecule has 362 valence electrons. The molecular formula is C52H97N2O7P. The van der Waals surface area contributed by atoms with E-state index in [-0.39, 0.29) is 24.9 Å². The first-order chi connectivity index (χ1) is 29.9. The number of esters is 1. The van der Waals surface area contributed by atoms with Crippen molar-refractivity contribution in [1.29, 1.82) is 0 Å². The SMILES string of the molecule is CC/C=C/C=C/C=C\CCCCCCCC(=O)NC(COP(=O)([O-])OCC[N+](C)(C)C)C(/C=C/CCCCCCCCCCCC)OC(=O)CCCCCCCCCCCCC. The molecule has 3 atom stereocenters. The van der Waals surface area contributed by atoms with E-state index in [1.54, 1.807) is 0 Å². The van der Waals surface area contributed by atoms with Gasteiger partial charge in [0, 0.05) is 12.8 Å². The third-order valence-corrected chi connectivity index (χ3v) is 12.0. The maximum atomic E-state index is 13.4. The topological polar surface area (TPSA) is 114 Å². The van der Waals surface area contributed by atoms with Crippen molar-refractivity contribution in [3.63, 3.8) is 0 Å². The fraction of sp³-hybridized carbons (Fsp3) is 0.808. The molecule has 0 bridgehead atoms. The fourth-order valence-corrected chi connectivity index (χ4v) is 7.83. The Kier molecular flexibility index (Phi) is 41.5. The largest absolute Gasteiger partial charge is 0.756 e. The second kappa shape index (κ2) is 42.9. The third-order valence-electron chi connectivity index (χ3n) is 11.1. The molecule has 62 heavy (non-hydrogen) atoms. The summed E-state index contributed by atoms with van der Waals surface area (Å²) in [5.74, 6) is -0.566. The highest BCUT2D eigenvalue weighted by atomic mass is 31.2. The second-order valence-corrected chi connectivity index (χ2v) is 19.8. The van der Waals surface area contributed by atoms with E-state index in [2.05, 4.69) is 56.5 Å². The number of phosphoric acid groups is 1. The van der Waals surface area contributed by atoms with E-state index in [4.69, 9.17) is 13.8 Å². The summed E-state index contributed by atoms with van der Waals surface area (Å²) < 4.78 is 30.1. The van der Waals surface area contributed by atoms with Gasteiger partial charge in [0.15, 0.2) is 0 Å². The molecule has 1 N–H and O–H groups in total. The van der Waals surface area contributed by atoms with E-state index in [1.807, 2.05) is 39.4 Å². The zero-order chi connectivity index (χ0) is 45.8. The summed E-state index contributed by atoms with van der Waals surface area (Å²) in [5, 5.41) is 2.99. The van der Waals surface area contributed by atoms with E-state index in [0.29, 0.717) is 23.9 Å². The average molecular weight is 893 g/mol. The van der Waals surface area contributed by atoms with Crippen LogP contribution in [-0.2, 0) is 27.9 Å². The molecule has 1 amide bonds. The van der Waals surface area contributed by atoms with Crippen molar-refractivity contribution in [2.75, 3.05) is 40.9 Å². The smallest absolute Gasteiger partial charge is 0.306 e. The van der Waals surface area contributed by atoms with Gasteiger partial charge in [-0.25, -0.2) is 0 Å². The van der Waals surface area contributed by atoms with Gasteiger partial charge in [-0.2, -0.15) is 0 Å². The Morgan fingerprint density at radius 3 is 1.53 bits per heavy atom. The van der Waals surface area contributed by atoms with Crippen molar-refractivity contribution in [3.05, 3.63) is 48.6 Å². The van der Waals surface area contributed by atoms with Crippen LogP contribution in [0.4, 0.5) is 0 Å². The van der Waals surface area contributed by atoms with Crippen LogP contribution in [0.2, 0.25) is 0 Å². The first kappa shape index (κ1) is 60.0. The third kappa shape index (κ3) is 43.2. The van der Waals surface area contributed by atoms with Crippen LogP contribution in [0, 0.1) is 0 Å². The van der Waals surface area contributed by atoms with E-state index in [0.717, 1.165) is 77.0 Å². The molecule has 10 heteroatoms. The molecule has 0 rings (SSSR count). The van der Waals surface area contributed by atoms with Gasteiger partial charge >= 0.3 is 5.97 Å². The number of phosphoric ester groups is 1. The molecule has 9 nitrogen and oxygen atoms in total. The van der Waals surface area contributed by atoms with E-state index < -0.39 is 26.6 Å². The maximum Gasteiger partial charge on any atom is 0.306 e. The minimum atomic E-state index is -4.69. The standard InChI is InChI=1S/C52H97N2O7P/c1-7-10-13-16-19-22-25-27-30-32-35-38-41-44-51(55)53-49(48-60-62(57,58)59-47-46-54(4,5)6)50(43-40-37-34-31-29-26-23-20-17-14-11-8-2)61-52(56)45-42-39-36-33-28-24-21-18-15-12-9-3/h10,13,16,19,22,25,40,43,49-50H,7-9,11-12,14-15,17-18,20-21,23-24,26-39,41-42,44-48H2,1-6H3,(H-,53,55,57,58)/b13-10+,19-16+,25-22-,43-40+. The highest BCUT2D eigenvalue weighted by Gasteiger charge is 2.27. The molecule has 0 aliphatic heterocycles. The normalized spacial score (nSPS) is 14.4. The van der Waals surface area contributed by atoms with Crippen molar-refractivity contribution in [3.8, 4) is 0 Å². The molecule has 0 aromatic heterocycles. The van der Waals surface area contributed by atoms with Crippen molar-refractivity contribution in [2.45, 2.75) is 232 Å². The van der Waals surface area contributed by atoms with Gasteiger partial charge in [-0.3, -0.25) is 14.2 Å². The summed E-state index contributed by atoms with van der Waals surface area (Å²) in [5.41, 5.74) is 0. The van der Waals surface area contributed by atoms with Crippen LogP contribution in [0.1, 0.15) is 220 Å². The molecule has 3 unspecified atom stereocenters.